The van der Waals surface area contributed by atoms with Crippen LogP contribution in [0.5, 0.6) is 0 Å². The van der Waals surface area contributed by atoms with Crippen molar-refractivity contribution in [1.29, 1.82) is 0 Å². The molecule has 0 spiro atoms. The second-order valence-electron chi connectivity index (χ2n) is 6.22. The Morgan fingerprint density at radius 2 is 2.05 bits per heavy atom. The largest absolute Gasteiger partial charge is 0.459 e. The first-order chi connectivity index (χ1) is 10.2. The summed E-state index contributed by atoms with van der Waals surface area (Å²) in [5.74, 6) is -0.165. The summed E-state index contributed by atoms with van der Waals surface area (Å²) in [6.07, 6.45) is 9.78. The summed E-state index contributed by atoms with van der Waals surface area (Å²) in [7, 11) is 1.64. The number of esters is 1. The Bertz CT molecular complexity index is 460. The van der Waals surface area contributed by atoms with E-state index in [0.29, 0.717) is 0 Å². The molecule has 1 aliphatic heterocycles. The summed E-state index contributed by atoms with van der Waals surface area (Å²) < 4.78 is 10.8. The van der Waals surface area contributed by atoms with E-state index in [1.54, 1.807) is 26.2 Å². The van der Waals surface area contributed by atoms with Crippen molar-refractivity contribution in [3.8, 4) is 0 Å². The van der Waals surface area contributed by atoms with Crippen LogP contribution in [0.2, 0.25) is 0 Å². The lowest BCUT2D eigenvalue weighted by molar-refractivity contribution is -0.144. The van der Waals surface area contributed by atoms with E-state index in [2.05, 4.69) is 13.0 Å². The van der Waals surface area contributed by atoms with Gasteiger partial charge in [0.25, 0.3) is 0 Å². The molecule has 4 atom stereocenters. The van der Waals surface area contributed by atoms with Gasteiger partial charge in [0, 0.05) is 13.2 Å². The van der Waals surface area contributed by atoms with Gasteiger partial charge in [-0.15, -0.1) is 0 Å². The zero-order chi connectivity index (χ0) is 16.8. The van der Waals surface area contributed by atoms with Gasteiger partial charge in [-0.25, -0.2) is 4.79 Å². The first-order valence-electron chi connectivity index (χ1n) is 7.76. The molecule has 0 aliphatic carbocycles. The molecule has 1 aliphatic rings. The Kier molecular flexibility index (Phi) is 7.04. The number of hydrogen-bond donors (Lipinski definition) is 1. The normalized spacial score (nSPS) is 37.6. The summed E-state index contributed by atoms with van der Waals surface area (Å²) >= 11 is 0. The molecule has 0 amide bonds. The van der Waals surface area contributed by atoms with Crippen LogP contribution < -0.4 is 0 Å². The third-order valence-corrected chi connectivity index (χ3v) is 4.06. The third-order valence-electron chi connectivity index (χ3n) is 4.06. The van der Waals surface area contributed by atoms with Crippen molar-refractivity contribution < 1.29 is 19.4 Å². The molecule has 1 heterocycles. The molecule has 0 aromatic carbocycles. The molecule has 0 saturated heterocycles. The molecule has 0 radical (unpaired) electrons. The number of ether oxygens (including phenoxy) is 2. The molecular weight excluding hydrogens is 280 g/mol. The molecule has 4 heteroatoms. The van der Waals surface area contributed by atoms with Crippen LogP contribution in [0.15, 0.2) is 36.0 Å². The lowest BCUT2D eigenvalue weighted by Gasteiger charge is -2.21. The van der Waals surface area contributed by atoms with Gasteiger partial charge in [-0.2, -0.15) is 0 Å². The highest BCUT2D eigenvalue weighted by atomic mass is 16.5. The third kappa shape index (κ3) is 6.16. The number of allylic oxidation sites excluding steroid dienone is 1. The molecule has 0 aromatic rings. The van der Waals surface area contributed by atoms with Gasteiger partial charge < -0.3 is 14.6 Å². The number of aliphatic hydroxyl groups is 1. The molecule has 124 valence electrons. The highest BCUT2D eigenvalue weighted by molar-refractivity contribution is 5.82. The van der Waals surface area contributed by atoms with Crippen LogP contribution in [0, 0.1) is 5.92 Å². The number of cyclic esters (lactones) is 1. The first kappa shape index (κ1) is 18.7. The Morgan fingerprint density at radius 1 is 1.36 bits per heavy atom. The SMILES string of the molecule is CO[C@H]1/C=C\[C@@](C)(O)/C=C\C(=O)O[C@H](C)[C@@H](C)CCC=C1C. The van der Waals surface area contributed by atoms with E-state index in [1.165, 1.54) is 12.2 Å². The summed E-state index contributed by atoms with van der Waals surface area (Å²) in [5.41, 5.74) is -0.123. The summed E-state index contributed by atoms with van der Waals surface area (Å²) in [4.78, 5) is 11.8. The molecule has 0 fully saturated rings. The van der Waals surface area contributed by atoms with Crippen molar-refractivity contribution in [2.45, 2.75) is 58.3 Å². The van der Waals surface area contributed by atoms with Crippen LogP contribution in [0.25, 0.3) is 0 Å². The van der Waals surface area contributed by atoms with Gasteiger partial charge in [-0.05, 0) is 51.2 Å². The van der Waals surface area contributed by atoms with Crippen LogP contribution >= 0.6 is 0 Å². The Balaban J connectivity index is 3.04. The maximum absolute atomic E-state index is 11.8. The standard InChI is InChI=1S/C18H28O4/c1-13-7-6-8-14(2)16(21-5)9-11-18(4,20)12-10-17(19)22-15(13)3/h8-13,15-16,20H,6-7H2,1-5H3/b11-9-,12-10-,14-8?/t13-,15+,16-,18+/m0/s1. The second kappa shape index (κ2) is 8.30. The van der Waals surface area contributed by atoms with E-state index in [4.69, 9.17) is 9.47 Å². The van der Waals surface area contributed by atoms with Gasteiger partial charge >= 0.3 is 5.97 Å². The van der Waals surface area contributed by atoms with Crippen LogP contribution in [0.4, 0.5) is 0 Å². The van der Waals surface area contributed by atoms with Crippen molar-refractivity contribution >= 4 is 5.97 Å². The quantitative estimate of drug-likeness (QED) is 0.597. The Labute approximate surface area is 133 Å². The number of carbonyl (C=O) groups excluding carboxylic acids is 1. The van der Waals surface area contributed by atoms with Crippen molar-refractivity contribution in [3.05, 3.63) is 36.0 Å². The molecule has 0 saturated carbocycles. The predicted octanol–water partition coefficient (Wildman–Crippen LogP) is 3.17. The predicted molar refractivity (Wildman–Crippen MR) is 87.4 cm³/mol. The van der Waals surface area contributed by atoms with Crippen LogP contribution in [0.1, 0.15) is 40.5 Å². The van der Waals surface area contributed by atoms with Crippen LogP contribution in [0.3, 0.4) is 0 Å². The molecule has 0 unspecified atom stereocenters. The summed E-state index contributed by atoms with van der Waals surface area (Å²) in [6, 6.07) is 0. The fraction of sp³-hybridized carbons (Fsp3) is 0.611. The molecule has 1 rings (SSSR count). The minimum absolute atomic E-state index is 0.160. The Hall–Kier alpha value is -1.39. The molecule has 22 heavy (non-hydrogen) atoms. The van der Waals surface area contributed by atoms with Gasteiger partial charge in [0.15, 0.2) is 0 Å². The van der Waals surface area contributed by atoms with Crippen molar-refractivity contribution in [3.63, 3.8) is 0 Å². The van der Waals surface area contributed by atoms with Crippen molar-refractivity contribution in [1.82, 2.24) is 0 Å². The number of rotatable bonds is 1. The molecule has 0 aromatic heterocycles. The smallest absolute Gasteiger partial charge is 0.330 e. The van der Waals surface area contributed by atoms with Crippen LogP contribution in [-0.4, -0.2) is 36.0 Å². The van der Waals surface area contributed by atoms with E-state index in [1.807, 2.05) is 13.8 Å². The second-order valence-corrected chi connectivity index (χ2v) is 6.22. The maximum Gasteiger partial charge on any atom is 0.330 e. The van der Waals surface area contributed by atoms with E-state index < -0.39 is 11.6 Å². The zero-order valence-corrected chi connectivity index (χ0v) is 14.2. The molecule has 1 N–H and O–H groups in total. The van der Waals surface area contributed by atoms with Gasteiger partial charge in [0.2, 0.25) is 0 Å². The van der Waals surface area contributed by atoms with Crippen molar-refractivity contribution in [2.75, 3.05) is 7.11 Å². The van der Waals surface area contributed by atoms with E-state index in [9.17, 15) is 9.90 Å². The summed E-state index contributed by atoms with van der Waals surface area (Å²) in [5, 5.41) is 10.3. The Morgan fingerprint density at radius 3 is 2.68 bits per heavy atom. The molecular formula is C18H28O4. The van der Waals surface area contributed by atoms with Gasteiger partial charge in [-0.1, -0.05) is 25.2 Å². The van der Waals surface area contributed by atoms with E-state index in [-0.39, 0.29) is 18.1 Å². The maximum atomic E-state index is 11.8. The molecule has 0 bridgehead atoms. The minimum atomic E-state index is -1.23. The summed E-state index contributed by atoms with van der Waals surface area (Å²) in [6.45, 7) is 7.59. The van der Waals surface area contributed by atoms with E-state index >= 15 is 0 Å². The fourth-order valence-corrected chi connectivity index (χ4v) is 2.25. The average molecular weight is 308 g/mol. The highest BCUT2D eigenvalue weighted by Gasteiger charge is 2.18. The minimum Gasteiger partial charge on any atom is -0.459 e. The van der Waals surface area contributed by atoms with Crippen LogP contribution in [-0.2, 0) is 14.3 Å². The lowest BCUT2D eigenvalue weighted by Crippen LogP contribution is -2.23. The molecule has 4 nitrogen and oxygen atoms in total. The topological polar surface area (TPSA) is 55.8 Å². The first-order valence-corrected chi connectivity index (χ1v) is 7.76. The van der Waals surface area contributed by atoms with E-state index in [0.717, 1.165) is 18.4 Å². The fourth-order valence-electron chi connectivity index (χ4n) is 2.25. The van der Waals surface area contributed by atoms with Crippen molar-refractivity contribution in [2.24, 2.45) is 5.92 Å². The van der Waals surface area contributed by atoms with Gasteiger partial charge in [0.1, 0.15) is 6.10 Å². The number of hydrogen-bond acceptors (Lipinski definition) is 4. The number of methoxy groups -OCH3 is 1. The van der Waals surface area contributed by atoms with Gasteiger partial charge in [0.05, 0.1) is 11.7 Å². The number of carbonyl (C=O) groups is 1. The average Bonchev–Trinajstić information content (AvgIpc) is 2.44. The lowest BCUT2D eigenvalue weighted by atomic mass is 9.97. The monoisotopic (exact) mass is 308 g/mol. The van der Waals surface area contributed by atoms with Gasteiger partial charge in [-0.3, -0.25) is 0 Å². The zero-order valence-electron chi connectivity index (χ0n) is 14.2. The highest BCUT2D eigenvalue weighted by Crippen LogP contribution is 2.19.